The number of aromatic nitrogens is 2. The number of carboxylic acid groups (broad SMARTS) is 1. The van der Waals surface area contributed by atoms with Crippen molar-refractivity contribution in [3.8, 4) is 0 Å². The Balaban J connectivity index is 1.30. The van der Waals surface area contributed by atoms with E-state index in [1.165, 1.54) is 11.3 Å². The zero-order valence-electron chi connectivity index (χ0n) is 18.7. The predicted octanol–water partition coefficient (Wildman–Crippen LogP) is 2.01. The van der Waals surface area contributed by atoms with Crippen LogP contribution in [0, 0.1) is 0 Å². The third-order valence-corrected chi connectivity index (χ3v) is 6.99. The van der Waals surface area contributed by atoms with Gasteiger partial charge in [0.2, 0.25) is 5.91 Å². The van der Waals surface area contributed by atoms with Gasteiger partial charge in [0.1, 0.15) is 11.6 Å². The second kappa shape index (κ2) is 12.1. The fraction of sp³-hybridized carbons (Fsp3) is 0.636. The normalized spacial score (nSPS) is 18.9. The average Bonchev–Trinajstić information content (AvgIpc) is 3.53. The van der Waals surface area contributed by atoms with E-state index in [4.69, 9.17) is 15.6 Å². The number of carbonyl (C=O) groups excluding carboxylic acids is 2. The highest BCUT2D eigenvalue weighted by Crippen LogP contribution is 2.42. The molecule has 1 aliphatic heterocycles. The third-order valence-electron chi connectivity index (χ3n) is 5.88. The number of thiophene rings is 1. The molecule has 0 aliphatic carbocycles. The van der Waals surface area contributed by atoms with Crippen LogP contribution in [0.2, 0.25) is 0 Å². The zero-order valence-corrected chi connectivity index (χ0v) is 19.5. The van der Waals surface area contributed by atoms with Gasteiger partial charge >= 0.3 is 5.97 Å². The number of aliphatic carboxylic acids is 1. The molecule has 3 heterocycles. The molecule has 2 aromatic heterocycles. The first-order valence-corrected chi connectivity index (χ1v) is 12.4. The number of H-pyrrole nitrogens is 1. The van der Waals surface area contributed by atoms with Crippen LogP contribution < -0.4 is 16.4 Å². The molecule has 0 saturated carbocycles. The van der Waals surface area contributed by atoms with Crippen molar-refractivity contribution in [3.63, 3.8) is 0 Å². The molecule has 1 saturated heterocycles. The van der Waals surface area contributed by atoms with E-state index in [-0.39, 0.29) is 11.8 Å². The number of rotatable bonds is 14. The summed E-state index contributed by atoms with van der Waals surface area (Å²) in [6, 6.07) is -0.840. The lowest BCUT2D eigenvalue weighted by atomic mass is 9.96. The first-order valence-electron chi connectivity index (χ1n) is 11.5. The van der Waals surface area contributed by atoms with E-state index in [1.807, 2.05) is 5.38 Å². The number of nitrogens with two attached hydrogens (primary N) is 1. The van der Waals surface area contributed by atoms with Crippen LogP contribution in [0.3, 0.4) is 0 Å². The number of hydrogen-bond acceptors (Lipinski definition) is 7. The molecule has 11 heteroatoms. The van der Waals surface area contributed by atoms with Gasteiger partial charge in [0.15, 0.2) is 5.60 Å². The molecule has 0 bridgehead atoms. The molecule has 33 heavy (non-hydrogen) atoms. The number of nitrogens with zero attached hydrogens (tertiary/aromatic N) is 1. The van der Waals surface area contributed by atoms with Crippen molar-refractivity contribution in [2.24, 2.45) is 5.73 Å². The Morgan fingerprint density at radius 2 is 2.00 bits per heavy atom. The standard InChI is InChI=1S/C22H33N5O5S/c23-15(20(29)30)7-3-5-10-24-17(28)8-2-1-4-11-25-21(31)22(9-6-12-32-22)19-18-16(13-33-19)26-14-27-18/h13-15H,1-12,23H2,(H,24,28)(H,25,31)(H,26,27)(H,29,30). The van der Waals surface area contributed by atoms with Crippen LogP contribution >= 0.6 is 11.3 Å². The molecule has 6 N–H and O–H groups in total. The zero-order chi connectivity index (χ0) is 23.7. The van der Waals surface area contributed by atoms with E-state index in [9.17, 15) is 14.4 Å². The summed E-state index contributed by atoms with van der Waals surface area (Å²) in [5, 5.41) is 16.6. The highest BCUT2D eigenvalue weighted by molar-refractivity contribution is 7.11. The lowest BCUT2D eigenvalue weighted by Gasteiger charge is -2.26. The monoisotopic (exact) mass is 479 g/mol. The maximum atomic E-state index is 13.1. The van der Waals surface area contributed by atoms with E-state index in [1.54, 1.807) is 6.33 Å². The van der Waals surface area contributed by atoms with Crippen LogP contribution in [0.5, 0.6) is 0 Å². The van der Waals surface area contributed by atoms with Gasteiger partial charge in [-0.3, -0.25) is 14.4 Å². The van der Waals surface area contributed by atoms with Gasteiger partial charge in [-0.2, -0.15) is 0 Å². The van der Waals surface area contributed by atoms with E-state index in [0.717, 1.165) is 41.6 Å². The fourth-order valence-electron chi connectivity index (χ4n) is 4.00. The lowest BCUT2D eigenvalue weighted by Crippen LogP contribution is -2.44. The summed E-state index contributed by atoms with van der Waals surface area (Å²) in [7, 11) is 0. The number of hydrogen-bond donors (Lipinski definition) is 5. The van der Waals surface area contributed by atoms with Crippen molar-refractivity contribution >= 4 is 40.2 Å². The molecule has 0 aromatic carbocycles. The second-order valence-corrected chi connectivity index (χ2v) is 9.25. The van der Waals surface area contributed by atoms with Crippen LogP contribution in [-0.2, 0) is 24.7 Å². The Morgan fingerprint density at radius 1 is 1.21 bits per heavy atom. The molecule has 2 amide bonds. The van der Waals surface area contributed by atoms with E-state index in [0.29, 0.717) is 51.8 Å². The first kappa shape index (κ1) is 25.1. The predicted molar refractivity (Wildman–Crippen MR) is 125 cm³/mol. The maximum Gasteiger partial charge on any atom is 0.320 e. The van der Waals surface area contributed by atoms with Gasteiger partial charge in [0, 0.05) is 31.5 Å². The molecule has 10 nitrogen and oxygen atoms in total. The van der Waals surface area contributed by atoms with Gasteiger partial charge in [0.05, 0.1) is 16.7 Å². The van der Waals surface area contributed by atoms with Gasteiger partial charge in [-0.1, -0.05) is 6.42 Å². The molecule has 1 aliphatic rings. The van der Waals surface area contributed by atoms with Crippen molar-refractivity contribution in [2.45, 2.75) is 69.4 Å². The van der Waals surface area contributed by atoms with E-state index >= 15 is 0 Å². The maximum absolute atomic E-state index is 13.1. The Labute approximate surface area is 196 Å². The van der Waals surface area contributed by atoms with Crippen molar-refractivity contribution < 1.29 is 24.2 Å². The molecule has 0 spiro atoms. The Kier molecular flexibility index (Phi) is 9.21. The highest BCUT2D eigenvalue weighted by Gasteiger charge is 2.46. The minimum absolute atomic E-state index is 0.0133. The number of imidazole rings is 1. The minimum atomic E-state index is -0.998. The SMILES string of the molecule is NC(CCCCNC(=O)CCCCCNC(=O)C1(c2scc3[nH]cnc23)CCCO1)C(=O)O. The van der Waals surface area contributed by atoms with Gasteiger partial charge in [-0.25, -0.2) is 4.98 Å². The summed E-state index contributed by atoms with van der Waals surface area (Å²) in [4.78, 5) is 43.9. The largest absolute Gasteiger partial charge is 0.480 e. The van der Waals surface area contributed by atoms with Crippen molar-refractivity contribution in [2.75, 3.05) is 19.7 Å². The van der Waals surface area contributed by atoms with Crippen molar-refractivity contribution in [3.05, 3.63) is 16.6 Å². The smallest absolute Gasteiger partial charge is 0.320 e. The van der Waals surface area contributed by atoms with Crippen LogP contribution in [0.25, 0.3) is 11.0 Å². The van der Waals surface area contributed by atoms with Gasteiger partial charge in [-0.05, 0) is 44.9 Å². The summed E-state index contributed by atoms with van der Waals surface area (Å²) >= 11 is 1.50. The van der Waals surface area contributed by atoms with Crippen LogP contribution in [0.4, 0.5) is 0 Å². The summed E-state index contributed by atoms with van der Waals surface area (Å²) in [5.74, 6) is -1.13. The second-order valence-electron chi connectivity index (χ2n) is 8.37. The summed E-state index contributed by atoms with van der Waals surface area (Å²) in [6.07, 6.45) is 7.67. The Bertz CT molecular complexity index is 937. The van der Waals surface area contributed by atoms with Crippen LogP contribution in [0.15, 0.2) is 11.7 Å². The first-order chi connectivity index (χ1) is 15.9. The van der Waals surface area contributed by atoms with E-state index in [2.05, 4.69) is 20.6 Å². The number of carbonyl (C=O) groups is 3. The molecule has 3 rings (SSSR count). The lowest BCUT2D eigenvalue weighted by molar-refractivity contribution is -0.142. The number of unbranched alkanes of at least 4 members (excludes halogenated alkanes) is 3. The molecule has 2 unspecified atom stereocenters. The van der Waals surface area contributed by atoms with Crippen LogP contribution in [-0.4, -0.2) is 58.6 Å². The molecule has 0 radical (unpaired) electrons. The molecule has 1 fully saturated rings. The Morgan fingerprint density at radius 3 is 2.76 bits per heavy atom. The van der Waals surface area contributed by atoms with Crippen LogP contribution in [0.1, 0.15) is 62.7 Å². The number of fused-ring (bicyclic) bond motifs is 1. The molecular formula is C22H33N5O5S. The van der Waals surface area contributed by atoms with E-state index < -0.39 is 17.6 Å². The number of aromatic amines is 1. The van der Waals surface area contributed by atoms with Gasteiger partial charge < -0.3 is 31.2 Å². The minimum Gasteiger partial charge on any atom is -0.480 e. The third kappa shape index (κ3) is 6.52. The number of amides is 2. The highest BCUT2D eigenvalue weighted by atomic mass is 32.1. The molecular weight excluding hydrogens is 446 g/mol. The Hall–Kier alpha value is -2.50. The summed E-state index contributed by atoms with van der Waals surface area (Å²) in [5.41, 5.74) is 6.20. The average molecular weight is 480 g/mol. The molecule has 182 valence electrons. The molecule has 2 aromatic rings. The van der Waals surface area contributed by atoms with Crippen molar-refractivity contribution in [1.82, 2.24) is 20.6 Å². The van der Waals surface area contributed by atoms with Gasteiger partial charge in [-0.15, -0.1) is 11.3 Å². The fourth-order valence-corrected chi connectivity index (χ4v) is 5.13. The molecule has 2 atom stereocenters. The topological polar surface area (TPSA) is 159 Å². The summed E-state index contributed by atoms with van der Waals surface area (Å²) in [6.45, 7) is 1.61. The number of nitrogens with one attached hydrogen (secondary N) is 3. The number of carboxylic acids is 1. The van der Waals surface area contributed by atoms with Crippen molar-refractivity contribution in [1.29, 1.82) is 0 Å². The van der Waals surface area contributed by atoms with Gasteiger partial charge in [0.25, 0.3) is 5.91 Å². The number of ether oxygens (including phenoxy) is 1. The summed E-state index contributed by atoms with van der Waals surface area (Å²) < 4.78 is 5.97. The quantitative estimate of drug-likeness (QED) is 0.259.